The lowest BCUT2D eigenvalue weighted by Crippen LogP contribution is -1.97. The molecule has 1 aromatic heterocycles. The molecule has 0 saturated carbocycles. The Labute approximate surface area is 126 Å². The average molecular weight is 304 g/mol. The van der Waals surface area contributed by atoms with E-state index in [1.165, 1.54) is 0 Å². The first-order valence-corrected chi connectivity index (χ1v) is 6.91. The molecule has 100 valence electrons. The topological polar surface area (TPSA) is 22.0 Å². The van der Waals surface area contributed by atoms with Gasteiger partial charge >= 0.3 is 0 Å². The molecule has 0 fully saturated rings. The lowest BCUT2D eigenvalue weighted by molar-refractivity contribution is 0.112. The second kappa shape index (κ2) is 5.31. The van der Waals surface area contributed by atoms with E-state index in [1.807, 2.05) is 47.2 Å². The standard InChI is InChI=1S/C16H11Cl2NO/c17-14-6-5-11(7-15(14)18)8-19-9-12(10-20)13-3-1-2-4-16(13)19/h1-7,9-10H,8H2. The Bertz CT molecular complexity index is 792. The van der Waals surface area contributed by atoms with Crippen molar-refractivity contribution in [3.05, 3.63) is 69.8 Å². The maximum absolute atomic E-state index is 11.1. The minimum Gasteiger partial charge on any atom is -0.342 e. The molecular formula is C16H11Cl2NO. The number of fused-ring (bicyclic) bond motifs is 1. The van der Waals surface area contributed by atoms with E-state index in [4.69, 9.17) is 23.2 Å². The third-order valence-corrected chi connectivity index (χ3v) is 4.02. The number of aromatic nitrogens is 1. The van der Waals surface area contributed by atoms with Crippen molar-refractivity contribution < 1.29 is 4.79 Å². The minimum absolute atomic E-state index is 0.538. The van der Waals surface area contributed by atoms with Crippen LogP contribution in [0.3, 0.4) is 0 Å². The van der Waals surface area contributed by atoms with Crippen molar-refractivity contribution in [1.82, 2.24) is 4.57 Å². The average Bonchev–Trinajstić information content (AvgIpc) is 2.81. The molecule has 3 rings (SSSR count). The normalized spacial score (nSPS) is 10.9. The van der Waals surface area contributed by atoms with E-state index in [9.17, 15) is 4.79 Å². The molecule has 0 amide bonds. The largest absolute Gasteiger partial charge is 0.342 e. The summed E-state index contributed by atoms with van der Waals surface area (Å²) in [5, 5.41) is 2.04. The lowest BCUT2D eigenvalue weighted by atomic mass is 10.2. The van der Waals surface area contributed by atoms with Crippen LogP contribution < -0.4 is 0 Å². The summed E-state index contributed by atoms with van der Waals surface area (Å²) in [5.41, 5.74) is 2.76. The minimum atomic E-state index is 0.538. The van der Waals surface area contributed by atoms with Crippen LogP contribution in [-0.4, -0.2) is 10.9 Å². The Balaban J connectivity index is 2.06. The van der Waals surface area contributed by atoms with Gasteiger partial charge in [0, 0.05) is 29.2 Å². The van der Waals surface area contributed by atoms with E-state index >= 15 is 0 Å². The van der Waals surface area contributed by atoms with Gasteiger partial charge in [0.15, 0.2) is 6.29 Å². The molecule has 20 heavy (non-hydrogen) atoms. The van der Waals surface area contributed by atoms with Crippen LogP contribution in [0.5, 0.6) is 0 Å². The predicted octanol–water partition coefficient (Wildman–Crippen LogP) is 4.81. The van der Waals surface area contributed by atoms with Crippen LogP contribution in [0.15, 0.2) is 48.7 Å². The van der Waals surface area contributed by atoms with Crippen LogP contribution in [-0.2, 0) is 6.54 Å². The zero-order valence-electron chi connectivity index (χ0n) is 10.5. The van der Waals surface area contributed by atoms with Gasteiger partial charge in [-0.3, -0.25) is 4.79 Å². The molecule has 4 heteroatoms. The summed E-state index contributed by atoms with van der Waals surface area (Å²) in [5.74, 6) is 0. The molecule has 0 aliphatic carbocycles. The van der Waals surface area contributed by atoms with E-state index in [0.29, 0.717) is 22.2 Å². The monoisotopic (exact) mass is 303 g/mol. The summed E-state index contributed by atoms with van der Waals surface area (Å²) < 4.78 is 2.04. The number of carbonyl (C=O) groups is 1. The molecule has 0 aliphatic rings. The van der Waals surface area contributed by atoms with Crippen molar-refractivity contribution in [3.8, 4) is 0 Å². The maximum Gasteiger partial charge on any atom is 0.152 e. The fourth-order valence-electron chi connectivity index (χ4n) is 2.33. The second-order valence-electron chi connectivity index (χ2n) is 4.60. The number of rotatable bonds is 3. The maximum atomic E-state index is 11.1. The van der Waals surface area contributed by atoms with Gasteiger partial charge in [0.1, 0.15) is 0 Å². The Morgan fingerprint density at radius 3 is 2.60 bits per heavy atom. The zero-order chi connectivity index (χ0) is 14.1. The number of carbonyl (C=O) groups excluding carboxylic acids is 1. The van der Waals surface area contributed by atoms with Crippen molar-refractivity contribution in [3.63, 3.8) is 0 Å². The van der Waals surface area contributed by atoms with Crippen molar-refractivity contribution in [2.75, 3.05) is 0 Å². The van der Waals surface area contributed by atoms with Gasteiger partial charge in [0.2, 0.25) is 0 Å². The van der Waals surface area contributed by atoms with Gasteiger partial charge in [0.25, 0.3) is 0 Å². The number of para-hydroxylation sites is 1. The summed E-state index contributed by atoms with van der Waals surface area (Å²) in [4.78, 5) is 11.1. The molecule has 1 heterocycles. The van der Waals surface area contributed by atoms with Gasteiger partial charge in [0.05, 0.1) is 10.0 Å². The van der Waals surface area contributed by atoms with E-state index in [2.05, 4.69) is 0 Å². The Morgan fingerprint density at radius 1 is 1.05 bits per heavy atom. The molecule has 2 aromatic carbocycles. The van der Waals surface area contributed by atoms with Gasteiger partial charge in [-0.25, -0.2) is 0 Å². The van der Waals surface area contributed by atoms with Crippen LogP contribution >= 0.6 is 23.2 Å². The Morgan fingerprint density at radius 2 is 1.85 bits per heavy atom. The molecule has 0 saturated heterocycles. The van der Waals surface area contributed by atoms with Crippen LogP contribution in [0.4, 0.5) is 0 Å². The van der Waals surface area contributed by atoms with Crippen molar-refractivity contribution in [2.24, 2.45) is 0 Å². The highest BCUT2D eigenvalue weighted by molar-refractivity contribution is 6.42. The van der Waals surface area contributed by atoms with Crippen LogP contribution in [0, 0.1) is 0 Å². The Kier molecular flexibility index (Phi) is 3.51. The van der Waals surface area contributed by atoms with Crippen LogP contribution in [0.25, 0.3) is 10.9 Å². The zero-order valence-corrected chi connectivity index (χ0v) is 12.0. The first-order chi connectivity index (χ1) is 9.69. The number of halogens is 2. The lowest BCUT2D eigenvalue weighted by Gasteiger charge is -2.06. The Hall–Kier alpha value is -1.77. The van der Waals surface area contributed by atoms with E-state index in [0.717, 1.165) is 22.8 Å². The van der Waals surface area contributed by atoms with Gasteiger partial charge in [-0.15, -0.1) is 0 Å². The number of aldehydes is 1. The number of benzene rings is 2. The molecular weight excluding hydrogens is 293 g/mol. The fourth-order valence-corrected chi connectivity index (χ4v) is 2.66. The van der Waals surface area contributed by atoms with E-state index in [-0.39, 0.29) is 0 Å². The third-order valence-electron chi connectivity index (χ3n) is 3.28. The highest BCUT2D eigenvalue weighted by Gasteiger charge is 2.08. The molecule has 0 bridgehead atoms. The van der Waals surface area contributed by atoms with Crippen LogP contribution in [0.2, 0.25) is 10.0 Å². The number of nitrogens with zero attached hydrogens (tertiary/aromatic N) is 1. The summed E-state index contributed by atoms with van der Waals surface area (Å²) in [7, 11) is 0. The quantitative estimate of drug-likeness (QED) is 0.636. The first-order valence-electron chi connectivity index (χ1n) is 6.16. The molecule has 2 nitrogen and oxygen atoms in total. The van der Waals surface area contributed by atoms with Gasteiger partial charge < -0.3 is 4.57 Å². The number of hydrogen-bond acceptors (Lipinski definition) is 1. The SMILES string of the molecule is O=Cc1cn(Cc2ccc(Cl)c(Cl)c2)c2ccccc12. The predicted molar refractivity (Wildman–Crippen MR) is 82.9 cm³/mol. The van der Waals surface area contributed by atoms with E-state index < -0.39 is 0 Å². The summed E-state index contributed by atoms with van der Waals surface area (Å²) in [6.07, 6.45) is 2.74. The second-order valence-corrected chi connectivity index (χ2v) is 5.41. The molecule has 0 unspecified atom stereocenters. The highest BCUT2D eigenvalue weighted by atomic mass is 35.5. The van der Waals surface area contributed by atoms with Crippen molar-refractivity contribution in [1.29, 1.82) is 0 Å². The van der Waals surface area contributed by atoms with E-state index in [1.54, 1.807) is 6.07 Å². The molecule has 0 aliphatic heterocycles. The highest BCUT2D eigenvalue weighted by Crippen LogP contribution is 2.25. The smallest absolute Gasteiger partial charge is 0.152 e. The molecule has 3 aromatic rings. The van der Waals surface area contributed by atoms with Crippen molar-refractivity contribution in [2.45, 2.75) is 6.54 Å². The fraction of sp³-hybridized carbons (Fsp3) is 0.0625. The third kappa shape index (κ3) is 2.33. The van der Waals surface area contributed by atoms with Crippen LogP contribution in [0.1, 0.15) is 15.9 Å². The summed E-state index contributed by atoms with van der Waals surface area (Å²) >= 11 is 12.0. The summed E-state index contributed by atoms with van der Waals surface area (Å²) in [6, 6.07) is 13.4. The van der Waals surface area contributed by atoms with Gasteiger partial charge in [-0.2, -0.15) is 0 Å². The molecule has 0 atom stereocenters. The molecule has 0 radical (unpaired) electrons. The first kappa shape index (κ1) is 13.2. The van der Waals surface area contributed by atoms with Crippen molar-refractivity contribution >= 4 is 40.4 Å². The van der Waals surface area contributed by atoms with Gasteiger partial charge in [-0.05, 0) is 23.8 Å². The molecule has 0 spiro atoms. The molecule has 0 N–H and O–H groups in total. The number of hydrogen-bond donors (Lipinski definition) is 0. The summed E-state index contributed by atoms with van der Waals surface area (Å²) in [6.45, 7) is 0.644. The van der Waals surface area contributed by atoms with Gasteiger partial charge in [-0.1, -0.05) is 47.5 Å².